The van der Waals surface area contributed by atoms with Gasteiger partial charge in [-0.3, -0.25) is 0 Å². The molecule has 0 atom stereocenters. The average molecular weight is 229 g/mol. The normalized spacial score (nSPS) is 13.9. The quantitative estimate of drug-likeness (QED) is 0.663. The molecule has 0 fully saturated rings. The van der Waals surface area contributed by atoms with E-state index < -0.39 is 0 Å². The minimum atomic E-state index is -0.0451. The van der Waals surface area contributed by atoms with Crippen LogP contribution in [0.4, 0.5) is 0 Å². The molecular formula is C14H31NO. The summed E-state index contributed by atoms with van der Waals surface area (Å²) in [6.07, 6.45) is 1.13. The van der Waals surface area contributed by atoms with Gasteiger partial charge in [-0.05, 0) is 45.7 Å². The van der Waals surface area contributed by atoms with Crippen molar-refractivity contribution in [1.29, 1.82) is 0 Å². The van der Waals surface area contributed by atoms with Crippen molar-refractivity contribution in [1.82, 2.24) is 4.90 Å². The summed E-state index contributed by atoms with van der Waals surface area (Å²) < 4.78 is 5.98. The molecule has 0 aliphatic heterocycles. The molecule has 0 N–H and O–H groups in total. The van der Waals surface area contributed by atoms with E-state index in [1.165, 1.54) is 0 Å². The summed E-state index contributed by atoms with van der Waals surface area (Å²) in [6, 6.07) is 0. The lowest BCUT2D eigenvalue weighted by Gasteiger charge is -2.33. The van der Waals surface area contributed by atoms with Crippen molar-refractivity contribution in [2.24, 2.45) is 11.3 Å². The van der Waals surface area contributed by atoms with Crippen LogP contribution in [0, 0.1) is 11.3 Å². The second-order valence-electron chi connectivity index (χ2n) is 6.74. The smallest absolute Gasteiger partial charge is 0.0752 e. The van der Waals surface area contributed by atoms with Crippen LogP contribution in [0.5, 0.6) is 0 Å². The Morgan fingerprint density at radius 1 is 1.06 bits per heavy atom. The Balaban J connectivity index is 3.98. The van der Waals surface area contributed by atoms with E-state index in [2.05, 4.69) is 60.5 Å². The molecule has 0 amide bonds. The molecule has 0 spiro atoms. The molecule has 2 heteroatoms. The molecule has 0 aliphatic carbocycles. The molecule has 0 aromatic heterocycles. The molecule has 0 saturated carbocycles. The van der Waals surface area contributed by atoms with Gasteiger partial charge in [0, 0.05) is 13.2 Å². The maximum atomic E-state index is 5.98. The van der Waals surface area contributed by atoms with Crippen LogP contribution < -0.4 is 0 Å². The Labute approximate surface area is 102 Å². The van der Waals surface area contributed by atoms with Gasteiger partial charge in [0.05, 0.1) is 5.60 Å². The molecule has 0 heterocycles. The van der Waals surface area contributed by atoms with Crippen LogP contribution in [0.15, 0.2) is 0 Å². The third-order valence-electron chi connectivity index (χ3n) is 3.50. The molecule has 98 valence electrons. The molecular weight excluding hydrogens is 198 g/mol. The predicted molar refractivity (Wildman–Crippen MR) is 71.8 cm³/mol. The lowest BCUT2D eigenvalue weighted by atomic mass is 9.79. The Kier molecular flexibility index (Phi) is 5.99. The van der Waals surface area contributed by atoms with Gasteiger partial charge in [0.1, 0.15) is 0 Å². The van der Waals surface area contributed by atoms with Gasteiger partial charge in [-0.25, -0.2) is 0 Å². The van der Waals surface area contributed by atoms with Gasteiger partial charge >= 0.3 is 0 Å². The Bertz CT molecular complexity index is 195. The predicted octanol–water partition coefficient (Wildman–Crippen LogP) is 3.42. The summed E-state index contributed by atoms with van der Waals surface area (Å²) >= 11 is 0. The summed E-state index contributed by atoms with van der Waals surface area (Å²) in [7, 11) is 4.17. The third-order valence-corrected chi connectivity index (χ3v) is 3.50. The Morgan fingerprint density at radius 2 is 1.56 bits per heavy atom. The first-order chi connectivity index (χ1) is 7.07. The summed E-state index contributed by atoms with van der Waals surface area (Å²) in [5, 5.41) is 0. The fraction of sp³-hybridized carbons (Fsp3) is 1.00. The number of hydrogen-bond acceptors (Lipinski definition) is 2. The molecule has 0 saturated heterocycles. The molecule has 0 radical (unpaired) electrons. The van der Waals surface area contributed by atoms with Crippen molar-refractivity contribution in [3.05, 3.63) is 0 Å². The van der Waals surface area contributed by atoms with Gasteiger partial charge in [-0.15, -0.1) is 0 Å². The number of rotatable bonds is 7. The van der Waals surface area contributed by atoms with Crippen molar-refractivity contribution in [3.8, 4) is 0 Å². The van der Waals surface area contributed by atoms with Gasteiger partial charge in [0.25, 0.3) is 0 Å². The largest absolute Gasteiger partial charge is 0.374 e. The van der Waals surface area contributed by atoms with Crippen molar-refractivity contribution < 1.29 is 4.74 Å². The zero-order chi connectivity index (χ0) is 13.0. The zero-order valence-corrected chi connectivity index (χ0v) is 12.6. The highest BCUT2D eigenvalue weighted by Gasteiger charge is 2.24. The van der Waals surface area contributed by atoms with Gasteiger partial charge in [0.2, 0.25) is 0 Å². The van der Waals surface area contributed by atoms with E-state index in [9.17, 15) is 0 Å². The number of likely N-dealkylation sites (N-methyl/N-ethyl adjacent to an activating group) is 1. The Morgan fingerprint density at radius 3 is 1.94 bits per heavy atom. The van der Waals surface area contributed by atoms with Crippen LogP contribution in [-0.4, -0.2) is 37.7 Å². The second-order valence-corrected chi connectivity index (χ2v) is 6.74. The molecule has 0 unspecified atom stereocenters. The van der Waals surface area contributed by atoms with Crippen molar-refractivity contribution in [3.63, 3.8) is 0 Å². The number of nitrogens with zero attached hydrogens (tertiary/aromatic N) is 1. The fourth-order valence-corrected chi connectivity index (χ4v) is 1.69. The van der Waals surface area contributed by atoms with Crippen LogP contribution in [0.3, 0.4) is 0 Å². The van der Waals surface area contributed by atoms with Gasteiger partial charge < -0.3 is 9.64 Å². The lowest BCUT2D eigenvalue weighted by molar-refractivity contribution is -0.0456. The molecule has 0 bridgehead atoms. The topological polar surface area (TPSA) is 12.5 Å². The molecule has 0 rings (SSSR count). The third kappa shape index (κ3) is 6.49. The molecule has 0 aliphatic rings. The van der Waals surface area contributed by atoms with Crippen LogP contribution in [0.1, 0.15) is 48.0 Å². The van der Waals surface area contributed by atoms with E-state index in [-0.39, 0.29) is 5.60 Å². The summed E-state index contributed by atoms with van der Waals surface area (Å²) in [6.45, 7) is 15.3. The SMILES string of the molecule is CC(C)C(C)(C)CCOC(C)(C)CN(C)C. The number of hydrogen-bond donors (Lipinski definition) is 0. The van der Waals surface area contributed by atoms with Gasteiger partial charge in [-0.1, -0.05) is 27.7 Å². The fourth-order valence-electron chi connectivity index (χ4n) is 1.69. The van der Waals surface area contributed by atoms with E-state index in [1.54, 1.807) is 0 Å². The molecule has 0 aromatic rings. The summed E-state index contributed by atoms with van der Waals surface area (Å²) in [4.78, 5) is 2.17. The minimum Gasteiger partial charge on any atom is -0.374 e. The maximum absolute atomic E-state index is 5.98. The average Bonchev–Trinajstić information content (AvgIpc) is 1.99. The van der Waals surface area contributed by atoms with Crippen LogP contribution in [0.25, 0.3) is 0 Å². The van der Waals surface area contributed by atoms with E-state index in [1.807, 2.05) is 0 Å². The van der Waals surface area contributed by atoms with Gasteiger partial charge in [0.15, 0.2) is 0 Å². The first kappa shape index (κ1) is 15.9. The summed E-state index contributed by atoms with van der Waals surface area (Å²) in [5.74, 6) is 0.702. The second kappa shape index (κ2) is 6.02. The van der Waals surface area contributed by atoms with Crippen molar-refractivity contribution in [2.75, 3.05) is 27.2 Å². The van der Waals surface area contributed by atoms with E-state index in [4.69, 9.17) is 4.74 Å². The first-order valence-electron chi connectivity index (χ1n) is 6.35. The molecule has 16 heavy (non-hydrogen) atoms. The standard InChI is InChI=1S/C14H31NO/c1-12(2)13(3,4)9-10-16-14(5,6)11-15(7)8/h12H,9-11H2,1-8H3. The van der Waals surface area contributed by atoms with Gasteiger partial charge in [-0.2, -0.15) is 0 Å². The maximum Gasteiger partial charge on any atom is 0.0752 e. The minimum absolute atomic E-state index is 0.0451. The van der Waals surface area contributed by atoms with Crippen molar-refractivity contribution >= 4 is 0 Å². The molecule has 0 aromatic carbocycles. The van der Waals surface area contributed by atoms with E-state index in [0.29, 0.717) is 11.3 Å². The number of ether oxygens (including phenoxy) is 1. The van der Waals surface area contributed by atoms with E-state index >= 15 is 0 Å². The summed E-state index contributed by atoms with van der Waals surface area (Å²) in [5.41, 5.74) is 0.324. The highest BCUT2D eigenvalue weighted by Crippen LogP contribution is 2.30. The van der Waals surface area contributed by atoms with Crippen molar-refractivity contribution in [2.45, 2.75) is 53.6 Å². The van der Waals surface area contributed by atoms with Crippen LogP contribution in [0.2, 0.25) is 0 Å². The van der Waals surface area contributed by atoms with E-state index in [0.717, 1.165) is 19.6 Å². The monoisotopic (exact) mass is 229 g/mol. The first-order valence-corrected chi connectivity index (χ1v) is 6.35. The van der Waals surface area contributed by atoms with Crippen LogP contribution >= 0.6 is 0 Å². The molecule has 2 nitrogen and oxygen atoms in total. The Hall–Kier alpha value is -0.0800. The highest BCUT2D eigenvalue weighted by atomic mass is 16.5. The lowest BCUT2D eigenvalue weighted by Crippen LogP contribution is -2.38. The highest BCUT2D eigenvalue weighted by molar-refractivity contribution is 4.75. The van der Waals surface area contributed by atoms with Crippen LogP contribution in [-0.2, 0) is 4.74 Å². The zero-order valence-electron chi connectivity index (χ0n) is 12.6.